The largest absolute Gasteiger partial charge is 0.385 e. The van der Waals surface area contributed by atoms with E-state index in [2.05, 4.69) is 23.5 Å². The van der Waals surface area contributed by atoms with Crippen LogP contribution in [0.4, 0.5) is 0 Å². The molecule has 24 heavy (non-hydrogen) atoms. The number of thioether (sulfide) groups is 1. The van der Waals surface area contributed by atoms with Crippen LogP contribution < -0.4 is 0 Å². The molecule has 2 atom stereocenters. The van der Waals surface area contributed by atoms with Gasteiger partial charge >= 0.3 is 0 Å². The molecule has 1 saturated heterocycles. The third kappa shape index (κ3) is 5.08. The molecule has 0 aliphatic carbocycles. The standard InChI is InChI=1S/C16H27N3O3S2/c1-13-9-16(20,14(2)23-3)5-6-18(13)11-15-10-17-19(12-15)7-8-24(4,21)22/h10,12-13,20H,2,5-9,11H2,1,3-4H3/t13-,16+/m0/s1. The van der Waals surface area contributed by atoms with Gasteiger partial charge in [-0.2, -0.15) is 5.10 Å². The zero-order valence-electron chi connectivity index (χ0n) is 14.6. The molecule has 1 aromatic rings. The van der Waals surface area contributed by atoms with Crippen molar-refractivity contribution in [3.05, 3.63) is 29.4 Å². The summed E-state index contributed by atoms with van der Waals surface area (Å²) < 4.78 is 24.1. The molecule has 2 heterocycles. The van der Waals surface area contributed by atoms with E-state index in [0.29, 0.717) is 19.4 Å². The Kier molecular flexibility index (Phi) is 6.17. The maximum absolute atomic E-state index is 11.2. The van der Waals surface area contributed by atoms with Crippen LogP contribution >= 0.6 is 11.8 Å². The Morgan fingerprint density at radius 1 is 1.58 bits per heavy atom. The highest BCUT2D eigenvalue weighted by Crippen LogP contribution is 2.36. The Balaban J connectivity index is 1.93. The summed E-state index contributed by atoms with van der Waals surface area (Å²) in [5.74, 6) is 0.0953. The Bertz CT molecular complexity index is 686. The van der Waals surface area contributed by atoms with E-state index in [9.17, 15) is 13.5 Å². The van der Waals surface area contributed by atoms with Gasteiger partial charge < -0.3 is 5.11 Å². The lowest BCUT2D eigenvalue weighted by Gasteiger charge is -2.43. The molecular formula is C16H27N3O3S2. The Hall–Kier alpha value is -0.830. The van der Waals surface area contributed by atoms with E-state index in [0.717, 1.165) is 23.6 Å². The number of hydrogen-bond donors (Lipinski definition) is 1. The van der Waals surface area contributed by atoms with E-state index in [1.807, 2.05) is 12.5 Å². The third-order valence-corrected chi connectivity index (χ3v) is 6.39. The van der Waals surface area contributed by atoms with Gasteiger partial charge in [0.2, 0.25) is 0 Å². The quantitative estimate of drug-likeness (QED) is 0.781. The summed E-state index contributed by atoms with van der Waals surface area (Å²) in [4.78, 5) is 3.16. The molecule has 6 nitrogen and oxygen atoms in total. The number of rotatable bonds is 7. The van der Waals surface area contributed by atoms with Gasteiger partial charge in [-0.25, -0.2) is 8.42 Å². The first kappa shape index (κ1) is 19.5. The maximum Gasteiger partial charge on any atom is 0.149 e. The fraction of sp³-hybridized carbons (Fsp3) is 0.688. The van der Waals surface area contributed by atoms with Gasteiger partial charge in [-0.15, -0.1) is 11.8 Å². The molecule has 0 aromatic carbocycles. The van der Waals surface area contributed by atoms with Crippen molar-refractivity contribution in [3.63, 3.8) is 0 Å². The minimum atomic E-state index is -2.98. The molecule has 136 valence electrons. The maximum atomic E-state index is 11.2. The van der Waals surface area contributed by atoms with Gasteiger partial charge in [-0.05, 0) is 26.0 Å². The summed E-state index contributed by atoms with van der Waals surface area (Å²) in [6.07, 6.45) is 8.23. The summed E-state index contributed by atoms with van der Waals surface area (Å²) in [7, 11) is -2.98. The molecule has 1 aliphatic rings. The van der Waals surface area contributed by atoms with Crippen molar-refractivity contribution in [2.75, 3.05) is 24.8 Å². The first-order valence-electron chi connectivity index (χ1n) is 8.02. The molecular weight excluding hydrogens is 346 g/mol. The van der Waals surface area contributed by atoms with Crippen LogP contribution in [0.3, 0.4) is 0 Å². The van der Waals surface area contributed by atoms with Crippen LogP contribution in [-0.2, 0) is 22.9 Å². The Labute approximate surface area is 148 Å². The monoisotopic (exact) mass is 373 g/mol. The zero-order valence-corrected chi connectivity index (χ0v) is 16.2. The van der Waals surface area contributed by atoms with E-state index >= 15 is 0 Å². The summed E-state index contributed by atoms with van der Waals surface area (Å²) in [5.41, 5.74) is 0.277. The molecule has 1 aliphatic heterocycles. The van der Waals surface area contributed by atoms with E-state index < -0.39 is 15.4 Å². The SMILES string of the molecule is C=C(SC)[C@@]1(O)CCN(Cc2cnn(CCS(C)(=O)=O)c2)[C@@H](C)C1. The van der Waals surface area contributed by atoms with Crippen molar-refractivity contribution < 1.29 is 13.5 Å². The van der Waals surface area contributed by atoms with Crippen LogP contribution in [0.25, 0.3) is 0 Å². The van der Waals surface area contributed by atoms with Gasteiger partial charge in [-0.1, -0.05) is 6.58 Å². The second-order valence-electron chi connectivity index (χ2n) is 6.67. The van der Waals surface area contributed by atoms with Gasteiger partial charge in [0.1, 0.15) is 9.84 Å². The average molecular weight is 374 g/mol. The van der Waals surface area contributed by atoms with Crippen molar-refractivity contribution in [3.8, 4) is 0 Å². The van der Waals surface area contributed by atoms with Gasteiger partial charge in [0, 0.05) is 42.1 Å². The number of sulfone groups is 1. The van der Waals surface area contributed by atoms with Gasteiger partial charge in [-0.3, -0.25) is 9.58 Å². The number of hydrogen-bond acceptors (Lipinski definition) is 6. The number of aliphatic hydroxyl groups is 1. The van der Waals surface area contributed by atoms with E-state index in [1.165, 1.54) is 18.0 Å². The topological polar surface area (TPSA) is 75.4 Å². The highest BCUT2D eigenvalue weighted by molar-refractivity contribution is 8.02. The highest BCUT2D eigenvalue weighted by atomic mass is 32.2. The highest BCUT2D eigenvalue weighted by Gasteiger charge is 2.38. The lowest BCUT2D eigenvalue weighted by Crippen LogP contribution is -2.49. The zero-order chi connectivity index (χ0) is 18.0. The molecule has 8 heteroatoms. The fourth-order valence-electron chi connectivity index (χ4n) is 3.05. The van der Waals surface area contributed by atoms with Gasteiger partial charge in [0.25, 0.3) is 0 Å². The minimum absolute atomic E-state index is 0.0953. The van der Waals surface area contributed by atoms with Crippen LogP contribution in [0.1, 0.15) is 25.3 Å². The number of aromatic nitrogens is 2. The van der Waals surface area contributed by atoms with Crippen LogP contribution in [0.15, 0.2) is 23.9 Å². The van der Waals surface area contributed by atoms with Crippen molar-refractivity contribution in [2.24, 2.45) is 0 Å². The average Bonchev–Trinajstić information content (AvgIpc) is 2.94. The van der Waals surface area contributed by atoms with Crippen molar-refractivity contribution in [1.82, 2.24) is 14.7 Å². The number of piperidine rings is 1. The lowest BCUT2D eigenvalue weighted by molar-refractivity contribution is -0.0124. The van der Waals surface area contributed by atoms with Crippen LogP contribution in [-0.4, -0.2) is 64.7 Å². The van der Waals surface area contributed by atoms with Gasteiger partial charge in [0.15, 0.2) is 0 Å². The van der Waals surface area contributed by atoms with E-state index in [-0.39, 0.29) is 11.8 Å². The number of likely N-dealkylation sites (tertiary alicyclic amines) is 1. The third-order valence-electron chi connectivity index (χ3n) is 4.60. The van der Waals surface area contributed by atoms with Crippen LogP contribution in [0, 0.1) is 0 Å². The van der Waals surface area contributed by atoms with Crippen molar-refractivity contribution in [2.45, 2.75) is 44.5 Å². The molecule has 0 bridgehead atoms. The summed E-state index contributed by atoms with van der Waals surface area (Å²) >= 11 is 1.52. The molecule has 1 aromatic heterocycles. The molecule has 1 fully saturated rings. The molecule has 0 amide bonds. The molecule has 1 N–H and O–H groups in total. The molecule has 0 spiro atoms. The van der Waals surface area contributed by atoms with E-state index in [4.69, 9.17) is 0 Å². The van der Waals surface area contributed by atoms with Crippen molar-refractivity contribution >= 4 is 21.6 Å². The smallest absolute Gasteiger partial charge is 0.149 e. The summed E-state index contributed by atoms with van der Waals surface area (Å²) in [6.45, 7) is 8.03. The van der Waals surface area contributed by atoms with Crippen LogP contribution in [0.2, 0.25) is 0 Å². The molecule has 2 rings (SSSR count). The van der Waals surface area contributed by atoms with E-state index in [1.54, 1.807) is 10.9 Å². The Morgan fingerprint density at radius 3 is 2.88 bits per heavy atom. The first-order valence-corrected chi connectivity index (χ1v) is 11.3. The second-order valence-corrected chi connectivity index (χ2v) is 9.83. The van der Waals surface area contributed by atoms with Gasteiger partial charge in [0.05, 0.1) is 24.1 Å². The number of aryl methyl sites for hydroxylation is 1. The predicted octanol–water partition coefficient (Wildman–Crippen LogP) is 1.52. The lowest BCUT2D eigenvalue weighted by atomic mass is 9.86. The first-order chi connectivity index (χ1) is 11.1. The fourth-order valence-corrected chi connectivity index (χ4v) is 4.14. The summed E-state index contributed by atoms with van der Waals surface area (Å²) in [6, 6.07) is 0.243. The predicted molar refractivity (Wildman–Crippen MR) is 98.6 cm³/mol. The second kappa shape index (κ2) is 7.59. The minimum Gasteiger partial charge on any atom is -0.385 e. The number of nitrogens with zero attached hydrogens (tertiary/aromatic N) is 3. The normalized spacial score (nSPS) is 25.8. The summed E-state index contributed by atoms with van der Waals surface area (Å²) in [5, 5.41) is 15.0. The Morgan fingerprint density at radius 2 is 2.29 bits per heavy atom. The van der Waals surface area contributed by atoms with Crippen molar-refractivity contribution in [1.29, 1.82) is 0 Å². The molecule has 0 unspecified atom stereocenters. The molecule has 0 radical (unpaired) electrons. The van der Waals surface area contributed by atoms with Crippen LogP contribution in [0.5, 0.6) is 0 Å². The molecule has 0 saturated carbocycles.